The van der Waals surface area contributed by atoms with Gasteiger partial charge >= 0.3 is 0 Å². The van der Waals surface area contributed by atoms with Crippen LogP contribution in [0.25, 0.3) is 0 Å². The summed E-state index contributed by atoms with van der Waals surface area (Å²) < 4.78 is 0.797. The number of anilines is 1. The van der Waals surface area contributed by atoms with Crippen LogP contribution >= 0.6 is 15.9 Å². The predicted octanol–water partition coefficient (Wildman–Crippen LogP) is 2.19. The number of para-hydroxylation sites is 1. The second kappa shape index (κ2) is 6.79. The molecule has 1 saturated heterocycles. The van der Waals surface area contributed by atoms with E-state index in [9.17, 15) is 9.59 Å². The zero-order valence-electron chi connectivity index (χ0n) is 13.2. The van der Waals surface area contributed by atoms with E-state index >= 15 is 0 Å². The van der Waals surface area contributed by atoms with E-state index in [-0.39, 0.29) is 11.8 Å². The van der Waals surface area contributed by atoms with Crippen molar-refractivity contribution in [1.29, 1.82) is 0 Å². The van der Waals surface area contributed by atoms with Gasteiger partial charge in [-0.25, -0.2) is 0 Å². The van der Waals surface area contributed by atoms with Gasteiger partial charge in [-0.2, -0.15) is 0 Å². The van der Waals surface area contributed by atoms with E-state index in [0.717, 1.165) is 17.6 Å². The third-order valence-corrected chi connectivity index (χ3v) is 4.71. The normalized spacial score (nSPS) is 16.5. The minimum Gasteiger partial charge on any atom is -0.339 e. The zero-order chi connectivity index (χ0) is 16.3. The van der Waals surface area contributed by atoms with Gasteiger partial charge in [0, 0.05) is 30.7 Å². The van der Waals surface area contributed by atoms with Crippen LogP contribution < -0.4 is 5.32 Å². The van der Waals surface area contributed by atoms with Crippen LogP contribution in [0.4, 0.5) is 5.69 Å². The highest BCUT2D eigenvalue weighted by atomic mass is 79.9. The molecule has 2 rings (SSSR count). The number of carbonyl (C=O) groups is 2. The Morgan fingerprint density at radius 2 is 1.73 bits per heavy atom. The number of rotatable bonds is 3. The van der Waals surface area contributed by atoms with E-state index in [1.165, 1.54) is 0 Å². The van der Waals surface area contributed by atoms with Gasteiger partial charge in [-0.1, -0.05) is 12.1 Å². The molecule has 22 heavy (non-hydrogen) atoms. The molecule has 0 unspecified atom stereocenters. The van der Waals surface area contributed by atoms with Crippen molar-refractivity contribution in [2.45, 2.75) is 13.8 Å². The van der Waals surface area contributed by atoms with Crippen LogP contribution in [-0.4, -0.2) is 54.8 Å². The summed E-state index contributed by atoms with van der Waals surface area (Å²) in [5, 5.41) is 2.84. The van der Waals surface area contributed by atoms with Gasteiger partial charge in [0.1, 0.15) is 5.41 Å². The Labute approximate surface area is 139 Å². The quantitative estimate of drug-likeness (QED) is 0.833. The van der Waals surface area contributed by atoms with Crippen molar-refractivity contribution in [3.63, 3.8) is 0 Å². The molecule has 1 aromatic rings. The van der Waals surface area contributed by atoms with E-state index < -0.39 is 5.41 Å². The maximum atomic E-state index is 12.7. The van der Waals surface area contributed by atoms with Crippen molar-refractivity contribution >= 4 is 33.4 Å². The molecule has 1 aliphatic heterocycles. The summed E-state index contributed by atoms with van der Waals surface area (Å²) in [5.74, 6) is -0.409. The number of nitrogens with zero attached hydrogens (tertiary/aromatic N) is 2. The first kappa shape index (κ1) is 17.0. The summed E-state index contributed by atoms with van der Waals surface area (Å²) in [6, 6.07) is 7.37. The van der Waals surface area contributed by atoms with Crippen LogP contribution in [0.2, 0.25) is 0 Å². The van der Waals surface area contributed by atoms with Crippen LogP contribution in [0.3, 0.4) is 0 Å². The second-order valence-corrected chi connectivity index (χ2v) is 7.01. The summed E-state index contributed by atoms with van der Waals surface area (Å²) in [7, 11) is 2.03. The van der Waals surface area contributed by atoms with Crippen molar-refractivity contribution < 1.29 is 9.59 Å². The molecule has 0 spiro atoms. The topological polar surface area (TPSA) is 52.7 Å². The fourth-order valence-electron chi connectivity index (χ4n) is 2.34. The first-order valence-electron chi connectivity index (χ1n) is 7.36. The summed E-state index contributed by atoms with van der Waals surface area (Å²) in [6.07, 6.45) is 0. The molecule has 120 valence electrons. The molecule has 1 aliphatic rings. The Bertz CT molecular complexity index is 566. The van der Waals surface area contributed by atoms with Crippen molar-refractivity contribution in [1.82, 2.24) is 9.80 Å². The fraction of sp³-hybridized carbons (Fsp3) is 0.500. The number of benzene rings is 1. The number of carbonyl (C=O) groups excluding carboxylic acids is 2. The number of halogens is 1. The number of amides is 2. The lowest BCUT2D eigenvalue weighted by Crippen LogP contribution is -2.53. The SMILES string of the molecule is CN1CCN(C(=O)C(C)(C)C(=O)Nc2ccccc2Br)CC1. The number of piperazine rings is 1. The van der Waals surface area contributed by atoms with Crippen LogP contribution in [0, 0.1) is 5.41 Å². The molecule has 0 aromatic heterocycles. The Morgan fingerprint density at radius 1 is 1.14 bits per heavy atom. The van der Waals surface area contributed by atoms with Crippen molar-refractivity contribution in [3.05, 3.63) is 28.7 Å². The third-order valence-electron chi connectivity index (χ3n) is 4.01. The van der Waals surface area contributed by atoms with E-state index in [4.69, 9.17) is 0 Å². The highest BCUT2D eigenvalue weighted by Gasteiger charge is 2.40. The lowest BCUT2D eigenvalue weighted by atomic mass is 9.89. The maximum absolute atomic E-state index is 12.7. The predicted molar refractivity (Wildman–Crippen MR) is 90.6 cm³/mol. The molecule has 1 heterocycles. The Kier molecular flexibility index (Phi) is 5.24. The molecular formula is C16H22BrN3O2. The number of hydrogen-bond donors (Lipinski definition) is 1. The van der Waals surface area contributed by atoms with Gasteiger partial charge in [0.05, 0.1) is 5.69 Å². The van der Waals surface area contributed by atoms with Crippen molar-refractivity contribution in [2.24, 2.45) is 5.41 Å². The molecule has 0 atom stereocenters. The van der Waals surface area contributed by atoms with Gasteiger partial charge in [-0.15, -0.1) is 0 Å². The first-order chi connectivity index (χ1) is 10.3. The highest BCUT2D eigenvalue weighted by Crippen LogP contribution is 2.26. The second-order valence-electron chi connectivity index (χ2n) is 6.15. The average molecular weight is 368 g/mol. The minimum atomic E-state index is -1.09. The van der Waals surface area contributed by atoms with Crippen LogP contribution in [0.5, 0.6) is 0 Å². The number of hydrogen-bond acceptors (Lipinski definition) is 3. The summed E-state index contributed by atoms with van der Waals surface area (Å²) in [6.45, 7) is 6.38. The van der Waals surface area contributed by atoms with Gasteiger partial charge in [0.15, 0.2) is 0 Å². The van der Waals surface area contributed by atoms with E-state index in [1.807, 2.05) is 25.2 Å². The number of nitrogens with one attached hydrogen (secondary N) is 1. The molecule has 2 amide bonds. The van der Waals surface area contributed by atoms with Gasteiger partial charge in [-0.05, 0) is 49.0 Å². The Hall–Kier alpha value is -1.40. The molecule has 1 N–H and O–H groups in total. The highest BCUT2D eigenvalue weighted by molar-refractivity contribution is 9.10. The zero-order valence-corrected chi connectivity index (χ0v) is 14.8. The molecule has 5 nitrogen and oxygen atoms in total. The largest absolute Gasteiger partial charge is 0.339 e. The summed E-state index contributed by atoms with van der Waals surface area (Å²) in [4.78, 5) is 29.2. The molecule has 1 fully saturated rings. The smallest absolute Gasteiger partial charge is 0.239 e. The van der Waals surface area contributed by atoms with E-state index in [0.29, 0.717) is 18.8 Å². The van der Waals surface area contributed by atoms with E-state index in [1.54, 1.807) is 24.8 Å². The lowest BCUT2D eigenvalue weighted by molar-refractivity contribution is -0.147. The molecule has 0 aliphatic carbocycles. The molecule has 0 saturated carbocycles. The Balaban J connectivity index is 2.07. The Morgan fingerprint density at radius 3 is 2.32 bits per heavy atom. The molecule has 0 radical (unpaired) electrons. The molecule has 0 bridgehead atoms. The van der Waals surface area contributed by atoms with Crippen molar-refractivity contribution in [2.75, 3.05) is 38.5 Å². The van der Waals surface area contributed by atoms with Crippen LogP contribution in [0.15, 0.2) is 28.7 Å². The average Bonchev–Trinajstić information content (AvgIpc) is 2.49. The van der Waals surface area contributed by atoms with E-state index in [2.05, 4.69) is 26.1 Å². The lowest BCUT2D eigenvalue weighted by Gasteiger charge is -2.36. The number of likely N-dealkylation sites (N-methyl/N-ethyl adjacent to an activating group) is 1. The standard InChI is InChI=1S/C16H22BrN3O2/c1-16(2,15(22)20-10-8-19(3)9-11-20)14(21)18-13-7-5-4-6-12(13)17/h4-7H,8-11H2,1-3H3,(H,18,21). The summed E-state index contributed by atoms with van der Waals surface area (Å²) >= 11 is 3.40. The molecule has 6 heteroatoms. The van der Waals surface area contributed by atoms with Crippen molar-refractivity contribution in [3.8, 4) is 0 Å². The van der Waals surface area contributed by atoms with Gasteiger partial charge in [0.25, 0.3) is 0 Å². The van der Waals surface area contributed by atoms with Gasteiger partial charge < -0.3 is 15.1 Å². The van der Waals surface area contributed by atoms with Crippen LogP contribution in [-0.2, 0) is 9.59 Å². The minimum absolute atomic E-state index is 0.120. The first-order valence-corrected chi connectivity index (χ1v) is 8.15. The molecule has 1 aromatic carbocycles. The summed E-state index contributed by atoms with van der Waals surface area (Å²) in [5.41, 5.74) is -0.419. The fourth-order valence-corrected chi connectivity index (χ4v) is 2.73. The third kappa shape index (κ3) is 3.67. The monoisotopic (exact) mass is 367 g/mol. The molecular weight excluding hydrogens is 346 g/mol. The van der Waals surface area contributed by atoms with Gasteiger partial charge in [-0.3, -0.25) is 9.59 Å². The van der Waals surface area contributed by atoms with Crippen LogP contribution in [0.1, 0.15) is 13.8 Å². The van der Waals surface area contributed by atoms with Gasteiger partial charge in [0.2, 0.25) is 11.8 Å². The maximum Gasteiger partial charge on any atom is 0.239 e.